The molecule has 0 bridgehead atoms. The molecule has 0 saturated carbocycles. The zero-order valence-electron chi connectivity index (χ0n) is 12.6. The summed E-state index contributed by atoms with van der Waals surface area (Å²) >= 11 is 0. The number of halogens is 1. The minimum Gasteiger partial charge on any atom is -0.355 e. The molecule has 1 aromatic rings. The van der Waals surface area contributed by atoms with E-state index in [-0.39, 0.29) is 24.2 Å². The Labute approximate surface area is 132 Å². The van der Waals surface area contributed by atoms with Gasteiger partial charge in [-0.25, -0.2) is 0 Å². The van der Waals surface area contributed by atoms with Crippen molar-refractivity contribution in [2.45, 2.75) is 32.9 Å². The van der Waals surface area contributed by atoms with E-state index >= 15 is 0 Å². The van der Waals surface area contributed by atoms with Crippen LogP contribution in [0.3, 0.4) is 0 Å². The van der Waals surface area contributed by atoms with E-state index in [2.05, 4.69) is 10.6 Å². The second kappa shape index (κ2) is 9.37. The molecule has 1 rings (SSSR count). The molecular weight excluding hydrogens is 290 g/mol. The van der Waals surface area contributed by atoms with Gasteiger partial charge in [-0.05, 0) is 19.4 Å². The van der Waals surface area contributed by atoms with Crippen LogP contribution in [0.5, 0.6) is 0 Å². The molecule has 0 saturated heterocycles. The second-order valence-electron chi connectivity index (χ2n) is 4.85. The highest BCUT2D eigenvalue weighted by molar-refractivity contribution is 5.88. The van der Waals surface area contributed by atoms with Crippen LogP contribution < -0.4 is 16.4 Å². The highest BCUT2D eigenvalue weighted by atomic mass is 35.5. The van der Waals surface area contributed by atoms with Crippen LogP contribution in [-0.4, -0.2) is 24.4 Å². The number of rotatable bonds is 6. The molecule has 0 heterocycles. The Bertz CT molecular complexity index is 453. The average molecular weight is 314 g/mol. The standard InChI is InChI=1S/C15H23N3O2.ClH/c1-4-17-15(20)11(3)18-14(19)10(2)13(16)12-8-6-5-7-9-12;/h5-11,13H,4,16H2,1-3H3,(H,17,20)(H,18,19);1H. The lowest BCUT2D eigenvalue weighted by Crippen LogP contribution is -2.47. The number of nitrogens with two attached hydrogens (primary N) is 1. The Morgan fingerprint density at radius 2 is 1.71 bits per heavy atom. The van der Waals surface area contributed by atoms with Gasteiger partial charge in [-0.1, -0.05) is 37.3 Å². The molecule has 0 radical (unpaired) electrons. The van der Waals surface area contributed by atoms with Crippen molar-refractivity contribution in [2.24, 2.45) is 11.7 Å². The van der Waals surface area contributed by atoms with Crippen LogP contribution in [0, 0.1) is 5.92 Å². The number of nitrogens with one attached hydrogen (secondary N) is 2. The molecule has 0 aromatic heterocycles. The maximum atomic E-state index is 12.1. The van der Waals surface area contributed by atoms with E-state index in [4.69, 9.17) is 5.73 Å². The largest absolute Gasteiger partial charge is 0.355 e. The fraction of sp³-hybridized carbons (Fsp3) is 0.467. The molecule has 2 amide bonds. The summed E-state index contributed by atoms with van der Waals surface area (Å²) in [5.41, 5.74) is 6.99. The molecule has 0 spiro atoms. The van der Waals surface area contributed by atoms with Gasteiger partial charge in [0.15, 0.2) is 0 Å². The maximum absolute atomic E-state index is 12.1. The first-order valence-corrected chi connectivity index (χ1v) is 6.86. The van der Waals surface area contributed by atoms with Gasteiger partial charge in [-0.2, -0.15) is 0 Å². The SMILES string of the molecule is CCNC(=O)C(C)NC(=O)C(C)C(N)c1ccccc1.Cl. The second-order valence-corrected chi connectivity index (χ2v) is 4.85. The molecule has 0 aliphatic carbocycles. The summed E-state index contributed by atoms with van der Waals surface area (Å²) in [4.78, 5) is 23.7. The van der Waals surface area contributed by atoms with Crippen molar-refractivity contribution in [1.82, 2.24) is 10.6 Å². The summed E-state index contributed by atoms with van der Waals surface area (Å²) < 4.78 is 0. The monoisotopic (exact) mass is 313 g/mol. The summed E-state index contributed by atoms with van der Waals surface area (Å²) in [6.07, 6.45) is 0. The van der Waals surface area contributed by atoms with Crippen LogP contribution in [0.15, 0.2) is 30.3 Å². The van der Waals surface area contributed by atoms with E-state index in [1.165, 1.54) is 0 Å². The summed E-state index contributed by atoms with van der Waals surface area (Å²) in [5, 5.41) is 5.35. The van der Waals surface area contributed by atoms with E-state index in [0.29, 0.717) is 6.54 Å². The average Bonchev–Trinajstić information content (AvgIpc) is 2.46. The van der Waals surface area contributed by atoms with Gasteiger partial charge in [0.25, 0.3) is 0 Å². The number of hydrogen-bond donors (Lipinski definition) is 3. The van der Waals surface area contributed by atoms with Gasteiger partial charge in [-0.15, -0.1) is 12.4 Å². The summed E-state index contributed by atoms with van der Waals surface area (Å²) in [6.45, 7) is 5.79. The molecule has 4 N–H and O–H groups in total. The number of carbonyl (C=O) groups is 2. The molecule has 21 heavy (non-hydrogen) atoms. The number of carbonyl (C=O) groups excluding carboxylic acids is 2. The quantitative estimate of drug-likeness (QED) is 0.742. The van der Waals surface area contributed by atoms with Crippen molar-refractivity contribution in [1.29, 1.82) is 0 Å². The minimum atomic E-state index is -0.562. The van der Waals surface area contributed by atoms with Crippen LogP contribution in [-0.2, 0) is 9.59 Å². The molecule has 5 nitrogen and oxygen atoms in total. The Hall–Kier alpha value is -1.59. The number of likely N-dealkylation sites (N-methyl/N-ethyl adjacent to an activating group) is 1. The van der Waals surface area contributed by atoms with Crippen molar-refractivity contribution in [3.8, 4) is 0 Å². The van der Waals surface area contributed by atoms with Crippen molar-refractivity contribution in [2.75, 3.05) is 6.54 Å². The maximum Gasteiger partial charge on any atom is 0.242 e. The van der Waals surface area contributed by atoms with Crippen molar-refractivity contribution < 1.29 is 9.59 Å². The minimum absolute atomic E-state index is 0. The van der Waals surface area contributed by atoms with Gasteiger partial charge >= 0.3 is 0 Å². The zero-order valence-corrected chi connectivity index (χ0v) is 13.4. The van der Waals surface area contributed by atoms with Crippen LogP contribution in [0.25, 0.3) is 0 Å². The lowest BCUT2D eigenvalue weighted by molar-refractivity contribution is -0.130. The van der Waals surface area contributed by atoms with Crippen LogP contribution in [0.2, 0.25) is 0 Å². The van der Waals surface area contributed by atoms with E-state index in [9.17, 15) is 9.59 Å². The molecule has 1 aromatic carbocycles. The Kier molecular flexibility index (Phi) is 8.66. The third-order valence-corrected chi connectivity index (χ3v) is 3.24. The highest BCUT2D eigenvalue weighted by Gasteiger charge is 2.24. The van der Waals surface area contributed by atoms with Crippen LogP contribution in [0.4, 0.5) is 0 Å². The molecule has 0 aliphatic rings. The van der Waals surface area contributed by atoms with Gasteiger partial charge in [0.2, 0.25) is 11.8 Å². The molecule has 3 unspecified atom stereocenters. The van der Waals surface area contributed by atoms with E-state index in [1.807, 2.05) is 37.3 Å². The molecule has 3 atom stereocenters. The number of benzene rings is 1. The Balaban J connectivity index is 0.00000400. The van der Waals surface area contributed by atoms with Gasteiger partial charge in [0, 0.05) is 12.6 Å². The third-order valence-electron chi connectivity index (χ3n) is 3.24. The fourth-order valence-electron chi connectivity index (χ4n) is 1.86. The highest BCUT2D eigenvalue weighted by Crippen LogP contribution is 2.19. The predicted octanol–water partition coefficient (Wildman–Crippen LogP) is 1.39. The first-order chi connectivity index (χ1) is 9.47. The fourth-order valence-corrected chi connectivity index (χ4v) is 1.86. The molecular formula is C15H24ClN3O2. The summed E-state index contributed by atoms with van der Waals surface area (Å²) in [5.74, 6) is -0.823. The normalized spacial score (nSPS) is 14.3. The van der Waals surface area contributed by atoms with Crippen LogP contribution >= 0.6 is 12.4 Å². The lowest BCUT2D eigenvalue weighted by atomic mass is 9.94. The first kappa shape index (κ1) is 19.4. The predicted molar refractivity (Wildman–Crippen MR) is 86.1 cm³/mol. The lowest BCUT2D eigenvalue weighted by Gasteiger charge is -2.22. The van der Waals surface area contributed by atoms with Gasteiger partial charge in [0.05, 0.1) is 5.92 Å². The molecule has 6 heteroatoms. The first-order valence-electron chi connectivity index (χ1n) is 6.86. The Morgan fingerprint density at radius 1 is 1.14 bits per heavy atom. The Morgan fingerprint density at radius 3 is 2.24 bits per heavy atom. The van der Waals surface area contributed by atoms with Gasteiger partial charge < -0.3 is 16.4 Å². The van der Waals surface area contributed by atoms with Crippen molar-refractivity contribution in [3.05, 3.63) is 35.9 Å². The molecule has 118 valence electrons. The van der Waals surface area contributed by atoms with Crippen molar-refractivity contribution in [3.63, 3.8) is 0 Å². The zero-order chi connectivity index (χ0) is 15.1. The smallest absolute Gasteiger partial charge is 0.242 e. The van der Waals surface area contributed by atoms with Gasteiger partial charge in [-0.3, -0.25) is 9.59 Å². The summed E-state index contributed by atoms with van der Waals surface area (Å²) in [6, 6.07) is 8.50. The van der Waals surface area contributed by atoms with E-state index in [1.54, 1.807) is 13.8 Å². The topological polar surface area (TPSA) is 84.2 Å². The van der Waals surface area contributed by atoms with E-state index < -0.39 is 18.0 Å². The third kappa shape index (κ3) is 5.73. The van der Waals surface area contributed by atoms with Crippen molar-refractivity contribution >= 4 is 24.2 Å². The molecule has 0 fully saturated rings. The van der Waals surface area contributed by atoms with Crippen LogP contribution in [0.1, 0.15) is 32.4 Å². The van der Waals surface area contributed by atoms with E-state index in [0.717, 1.165) is 5.56 Å². The molecule has 0 aliphatic heterocycles. The summed E-state index contributed by atoms with van der Waals surface area (Å²) in [7, 11) is 0. The van der Waals surface area contributed by atoms with Gasteiger partial charge in [0.1, 0.15) is 6.04 Å². The number of hydrogen-bond acceptors (Lipinski definition) is 3. The number of amides is 2.